The molecular weight excluding hydrogens is 140 g/mol. The van der Waals surface area contributed by atoms with Gasteiger partial charge in [-0.3, -0.25) is 0 Å². The van der Waals surface area contributed by atoms with Gasteiger partial charge in [-0.15, -0.1) is 0 Å². The summed E-state index contributed by atoms with van der Waals surface area (Å²) < 4.78 is 5.11. The van der Waals surface area contributed by atoms with Gasteiger partial charge in [0.25, 0.3) is 0 Å². The molecular formula is C8H10N2O. The van der Waals surface area contributed by atoms with Gasteiger partial charge in [0.15, 0.2) is 0 Å². The van der Waals surface area contributed by atoms with E-state index in [0.29, 0.717) is 0 Å². The third-order valence-corrected chi connectivity index (χ3v) is 1.92. The first-order valence-corrected chi connectivity index (χ1v) is 3.63. The number of ether oxygens (including phenoxy) is 1. The fourth-order valence-corrected chi connectivity index (χ4v) is 1.36. The molecule has 0 radical (unpaired) electrons. The summed E-state index contributed by atoms with van der Waals surface area (Å²) in [5.74, 6) is 0.757. The van der Waals surface area contributed by atoms with E-state index in [1.54, 1.807) is 13.3 Å². The monoisotopic (exact) mass is 150 g/mol. The quantitative estimate of drug-likeness (QED) is 0.639. The van der Waals surface area contributed by atoms with Crippen molar-refractivity contribution in [3.8, 4) is 5.88 Å². The maximum absolute atomic E-state index is 5.11. The molecule has 0 spiro atoms. The van der Waals surface area contributed by atoms with Crippen molar-refractivity contribution in [2.75, 3.05) is 7.11 Å². The van der Waals surface area contributed by atoms with E-state index in [-0.39, 0.29) is 0 Å². The Kier molecular flexibility index (Phi) is 1.51. The van der Waals surface area contributed by atoms with Crippen LogP contribution in [0.5, 0.6) is 5.88 Å². The molecule has 1 aromatic rings. The Bertz CT molecular complexity index is 273. The number of nitrogens with one attached hydrogen (secondary N) is 1. The lowest BCUT2D eigenvalue weighted by molar-refractivity contribution is 0.392. The molecule has 2 heterocycles. The Morgan fingerprint density at radius 3 is 3.27 bits per heavy atom. The molecule has 0 amide bonds. The summed E-state index contributed by atoms with van der Waals surface area (Å²) >= 11 is 0. The number of hydrogen-bond acceptors (Lipinski definition) is 3. The van der Waals surface area contributed by atoms with Gasteiger partial charge in [-0.1, -0.05) is 0 Å². The van der Waals surface area contributed by atoms with Crippen LogP contribution >= 0.6 is 0 Å². The minimum absolute atomic E-state index is 0.757. The average molecular weight is 150 g/mol. The van der Waals surface area contributed by atoms with E-state index in [1.807, 2.05) is 6.07 Å². The molecule has 2 rings (SSSR count). The SMILES string of the molecule is COc1nccc2c1CNC2. The number of aromatic nitrogens is 1. The molecule has 58 valence electrons. The van der Waals surface area contributed by atoms with Crippen LogP contribution in [0.4, 0.5) is 0 Å². The molecule has 3 heteroatoms. The molecule has 0 unspecified atom stereocenters. The lowest BCUT2D eigenvalue weighted by atomic mass is 10.2. The van der Waals surface area contributed by atoms with Crippen LogP contribution in [0.25, 0.3) is 0 Å². The maximum atomic E-state index is 5.11. The van der Waals surface area contributed by atoms with Crippen molar-refractivity contribution in [1.29, 1.82) is 0 Å². The van der Waals surface area contributed by atoms with Crippen molar-refractivity contribution in [3.05, 3.63) is 23.4 Å². The number of fused-ring (bicyclic) bond motifs is 1. The summed E-state index contributed by atoms with van der Waals surface area (Å²) in [5, 5.41) is 3.24. The van der Waals surface area contributed by atoms with Crippen LogP contribution in [0.3, 0.4) is 0 Å². The predicted octanol–water partition coefficient (Wildman–Crippen LogP) is 0.693. The van der Waals surface area contributed by atoms with Gasteiger partial charge < -0.3 is 10.1 Å². The first-order chi connectivity index (χ1) is 5.42. The highest BCUT2D eigenvalue weighted by Crippen LogP contribution is 2.22. The van der Waals surface area contributed by atoms with Crippen molar-refractivity contribution in [1.82, 2.24) is 10.3 Å². The second-order valence-corrected chi connectivity index (χ2v) is 2.56. The Labute approximate surface area is 65.4 Å². The molecule has 11 heavy (non-hydrogen) atoms. The van der Waals surface area contributed by atoms with E-state index < -0.39 is 0 Å². The largest absolute Gasteiger partial charge is 0.481 e. The van der Waals surface area contributed by atoms with Crippen LogP contribution in [-0.2, 0) is 13.1 Å². The molecule has 0 aromatic carbocycles. The van der Waals surface area contributed by atoms with Crippen molar-refractivity contribution in [2.24, 2.45) is 0 Å². The van der Waals surface area contributed by atoms with Gasteiger partial charge in [0.2, 0.25) is 5.88 Å². The third-order valence-electron chi connectivity index (χ3n) is 1.92. The molecule has 1 aliphatic rings. The lowest BCUT2D eigenvalue weighted by Gasteiger charge is -2.02. The normalized spacial score (nSPS) is 14.6. The fourth-order valence-electron chi connectivity index (χ4n) is 1.36. The zero-order chi connectivity index (χ0) is 7.68. The van der Waals surface area contributed by atoms with Gasteiger partial charge in [-0.2, -0.15) is 0 Å². The van der Waals surface area contributed by atoms with Gasteiger partial charge in [0, 0.05) is 24.8 Å². The summed E-state index contributed by atoms with van der Waals surface area (Å²) in [6, 6.07) is 2.03. The minimum atomic E-state index is 0.757. The van der Waals surface area contributed by atoms with Crippen molar-refractivity contribution >= 4 is 0 Å². The molecule has 0 bridgehead atoms. The lowest BCUT2D eigenvalue weighted by Crippen LogP contribution is -2.00. The molecule has 0 aliphatic carbocycles. The first kappa shape index (κ1) is 6.61. The molecule has 1 aliphatic heterocycles. The van der Waals surface area contributed by atoms with Crippen molar-refractivity contribution < 1.29 is 4.74 Å². The van der Waals surface area contributed by atoms with Gasteiger partial charge in [0.05, 0.1) is 7.11 Å². The highest BCUT2D eigenvalue weighted by atomic mass is 16.5. The molecule has 0 saturated carbocycles. The standard InChI is InChI=1S/C8H10N2O/c1-11-8-7-5-9-4-6(7)2-3-10-8/h2-3,9H,4-5H2,1H3. The maximum Gasteiger partial charge on any atom is 0.217 e. The Balaban J connectivity index is 2.50. The van der Waals surface area contributed by atoms with Gasteiger partial charge in [0.1, 0.15) is 0 Å². The van der Waals surface area contributed by atoms with E-state index >= 15 is 0 Å². The molecule has 0 saturated heterocycles. The molecule has 1 N–H and O–H groups in total. The van der Waals surface area contributed by atoms with Crippen molar-refractivity contribution in [2.45, 2.75) is 13.1 Å². The number of pyridine rings is 1. The number of hydrogen-bond donors (Lipinski definition) is 1. The van der Waals surface area contributed by atoms with Crippen LogP contribution in [-0.4, -0.2) is 12.1 Å². The summed E-state index contributed by atoms with van der Waals surface area (Å²) in [7, 11) is 1.65. The molecule has 3 nitrogen and oxygen atoms in total. The second kappa shape index (κ2) is 2.51. The Morgan fingerprint density at radius 1 is 1.55 bits per heavy atom. The van der Waals surface area contributed by atoms with Crippen LogP contribution in [0.15, 0.2) is 12.3 Å². The highest BCUT2D eigenvalue weighted by Gasteiger charge is 2.14. The summed E-state index contributed by atoms with van der Waals surface area (Å²) in [6.45, 7) is 1.82. The average Bonchev–Trinajstić information content (AvgIpc) is 2.50. The van der Waals surface area contributed by atoms with E-state index in [4.69, 9.17) is 4.74 Å². The van der Waals surface area contributed by atoms with Crippen molar-refractivity contribution in [3.63, 3.8) is 0 Å². The van der Waals surface area contributed by atoms with Gasteiger partial charge in [-0.25, -0.2) is 4.98 Å². The smallest absolute Gasteiger partial charge is 0.217 e. The number of nitrogens with zero attached hydrogens (tertiary/aromatic N) is 1. The Morgan fingerprint density at radius 2 is 2.45 bits per heavy atom. The van der Waals surface area contributed by atoms with E-state index in [0.717, 1.165) is 19.0 Å². The number of methoxy groups -OCH3 is 1. The predicted molar refractivity (Wildman–Crippen MR) is 41.3 cm³/mol. The second-order valence-electron chi connectivity index (χ2n) is 2.56. The topological polar surface area (TPSA) is 34.1 Å². The summed E-state index contributed by atoms with van der Waals surface area (Å²) in [5.41, 5.74) is 2.51. The summed E-state index contributed by atoms with van der Waals surface area (Å²) in [6.07, 6.45) is 1.78. The van der Waals surface area contributed by atoms with E-state index in [9.17, 15) is 0 Å². The zero-order valence-corrected chi connectivity index (χ0v) is 6.42. The van der Waals surface area contributed by atoms with Crippen LogP contribution in [0.2, 0.25) is 0 Å². The zero-order valence-electron chi connectivity index (χ0n) is 6.42. The van der Waals surface area contributed by atoms with E-state index in [2.05, 4.69) is 10.3 Å². The molecule has 0 fully saturated rings. The van der Waals surface area contributed by atoms with Gasteiger partial charge >= 0.3 is 0 Å². The molecule has 1 aromatic heterocycles. The van der Waals surface area contributed by atoms with Crippen LogP contribution in [0.1, 0.15) is 11.1 Å². The van der Waals surface area contributed by atoms with E-state index in [1.165, 1.54) is 11.1 Å². The van der Waals surface area contributed by atoms with Crippen LogP contribution in [0, 0.1) is 0 Å². The van der Waals surface area contributed by atoms with Gasteiger partial charge in [-0.05, 0) is 11.6 Å². The fraction of sp³-hybridized carbons (Fsp3) is 0.375. The molecule has 0 atom stereocenters. The third kappa shape index (κ3) is 0.973. The summed E-state index contributed by atoms with van der Waals surface area (Å²) in [4.78, 5) is 4.11. The Hall–Kier alpha value is -1.09. The highest BCUT2D eigenvalue weighted by molar-refractivity contribution is 5.36. The first-order valence-electron chi connectivity index (χ1n) is 3.63. The minimum Gasteiger partial charge on any atom is -0.481 e. The number of rotatable bonds is 1. The van der Waals surface area contributed by atoms with Crippen LogP contribution < -0.4 is 10.1 Å².